The number of carbonyl (C=O) groups is 1. The van der Waals surface area contributed by atoms with Crippen molar-refractivity contribution < 1.29 is 9.53 Å². The molecule has 1 aromatic carbocycles. The molecule has 1 rings (SSSR count). The molecule has 0 saturated carbocycles. The summed E-state index contributed by atoms with van der Waals surface area (Å²) >= 11 is 5.79. The third-order valence-electron chi connectivity index (χ3n) is 2.45. The Morgan fingerprint density at radius 1 is 1.59 bits per heavy atom. The van der Waals surface area contributed by atoms with Gasteiger partial charge in [-0.05, 0) is 24.6 Å². The zero-order chi connectivity index (χ0) is 12.8. The summed E-state index contributed by atoms with van der Waals surface area (Å²) < 4.78 is 5.01. The minimum absolute atomic E-state index is 0.00408. The smallest absolute Gasteiger partial charge is 0.251 e. The van der Waals surface area contributed by atoms with Gasteiger partial charge < -0.3 is 15.8 Å². The van der Waals surface area contributed by atoms with E-state index in [2.05, 4.69) is 5.32 Å². The SMILES string of the molecule is CCC(COC)NC(=O)c1ccc(Cl)c(N)c1. The van der Waals surface area contributed by atoms with Gasteiger partial charge in [0.25, 0.3) is 5.91 Å². The van der Waals surface area contributed by atoms with Crippen molar-refractivity contribution in [2.24, 2.45) is 0 Å². The molecule has 0 aliphatic carbocycles. The van der Waals surface area contributed by atoms with Crippen LogP contribution in [0.4, 0.5) is 5.69 Å². The molecule has 0 aliphatic rings. The first-order chi connectivity index (χ1) is 8.08. The van der Waals surface area contributed by atoms with E-state index in [1.54, 1.807) is 25.3 Å². The Bertz CT molecular complexity index is 396. The minimum atomic E-state index is -0.169. The van der Waals surface area contributed by atoms with E-state index in [0.29, 0.717) is 22.9 Å². The molecule has 0 aliphatic heterocycles. The lowest BCUT2D eigenvalue weighted by Gasteiger charge is -2.16. The monoisotopic (exact) mass is 256 g/mol. The Hall–Kier alpha value is -1.26. The quantitative estimate of drug-likeness (QED) is 0.793. The molecule has 0 aromatic heterocycles. The van der Waals surface area contributed by atoms with Crippen molar-refractivity contribution in [2.45, 2.75) is 19.4 Å². The minimum Gasteiger partial charge on any atom is -0.398 e. The van der Waals surface area contributed by atoms with Gasteiger partial charge >= 0.3 is 0 Å². The zero-order valence-corrected chi connectivity index (χ0v) is 10.8. The Kier molecular flexibility index (Phi) is 5.25. The molecule has 0 spiro atoms. The van der Waals surface area contributed by atoms with Crippen molar-refractivity contribution in [1.29, 1.82) is 0 Å². The number of halogens is 1. The fraction of sp³-hybridized carbons (Fsp3) is 0.417. The van der Waals surface area contributed by atoms with Crippen LogP contribution < -0.4 is 11.1 Å². The van der Waals surface area contributed by atoms with E-state index < -0.39 is 0 Å². The van der Waals surface area contributed by atoms with Gasteiger partial charge in [-0.2, -0.15) is 0 Å². The van der Waals surface area contributed by atoms with Crippen molar-refractivity contribution in [2.75, 3.05) is 19.5 Å². The van der Waals surface area contributed by atoms with Crippen LogP contribution >= 0.6 is 11.6 Å². The number of carbonyl (C=O) groups excluding carboxylic acids is 1. The van der Waals surface area contributed by atoms with Crippen molar-refractivity contribution in [1.82, 2.24) is 5.32 Å². The van der Waals surface area contributed by atoms with Crippen LogP contribution in [0.25, 0.3) is 0 Å². The summed E-state index contributed by atoms with van der Waals surface area (Å²) in [5.74, 6) is -0.169. The van der Waals surface area contributed by atoms with E-state index in [-0.39, 0.29) is 11.9 Å². The average Bonchev–Trinajstić information content (AvgIpc) is 2.31. The van der Waals surface area contributed by atoms with Crippen LogP contribution in [-0.4, -0.2) is 25.7 Å². The van der Waals surface area contributed by atoms with Crippen LogP contribution in [0.5, 0.6) is 0 Å². The van der Waals surface area contributed by atoms with Gasteiger partial charge in [0.2, 0.25) is 0 Å². The van der Waals surface area contributed by atoms with Crippen molar-refractivity contribution in [3.05, 3.63) is 28.8 Å². The summed E-state index contributed by atoms with van der Waals surface area (Å²) in [7, 11) is 1.61. The van der Waals surface area contributed by atoms with Crippen molar-refractivity contribution in [3.63, 3.8) is 0 Å². The second-order valence-corrected chi connectivity index (χ2v) is 4.18. The molecule has 0 saturated heterocycles. The summed E-state index contributed by atoms with van der Waals surface area (Å²) in [5, 5.41) is 3.32. The molecule has 94 valence electrons. The van der Waals surface area contributed by atoms with Gasteiger partial charge in [-0.3, -0.25) is 4.79 Å². The van der Waals surface area contributed by atoms with Crippen molar-refractivity contribution in [3.8, 4) is 0 Å². The predicted molar refractivity (Wildman–Crippen MR) is 69.3 cm³/mol. The fourth-order valence-electron chi connectivity index (χ4n) is 1.42. The van der Waals surface area contributed by atoms with Crippen LogP contribution in [-0.2, 0) is 4.74 Å². The summed E-state index contributed by atoms with van der Waals surface area (Å²) in [6.45, 7) is 2.48. The highest BCUT2D eigenvalue weighted by Crippen LogP contribution is 2.19. The molecular weight excluding hydrogens is 240 g/mol. The predicted octanol–water partition coefficient (Wildman–Crippen LogP) is 2.08. The van der Waals surface area contributed by atoms with E-state index in [4.69, 9.17) is 22.1 Å². The van der Waals surface area contributed by atoms with Crippen molar-refractivity contribution >= 4 is 23.2 Å². The molecule has 0 radical (unpaired) electrons. The maximum atomic E-state index is 11.9. The molecule has 1 atom stereocenters. The highest BCUT2D eigenvalue weighted by molar-refractivity contribution is 6.33. The molecule has 1 aromatic rings. The third-order valence-corrected chi connectivity index (χ3v) is 2.80. The summed E-state index contributed by atoms with van der Waals surface area (Å²) in [6.07, 6.45) is 0.808. The molecule has 0 bridgehead atoms. The Labute approximate surface area is 106 Å². The molecule has 0 heterocycles. The Balaban J connectivity index is 2.72. The second kappa shape index (κ2) is 6.47. The molecule has 0 fully saturated rings. The molecule has 1 amide bonds. The van der Waals surface area contributed by atoms with Gasteiger partial charge in [0, 0.05) is 12.7 Å². The number of ether oxygens (including phenoxy) is 1. The number of nitrogens with two attached hydrogens (primary N) is 1. The maximum Gasteiger partial charge on any atom is 0.251 e. The maximum absolute atomic E-state index is 11.9. The van der Waals surface area contributed by atoms with Crippen LogP contribution in [0.3, 0.4) is 0 Å². The molecule has 4 nitrogen and oxygen atoms in total. The Morgan fingerprint density at radius 2 is 2.29 bits per heavy atom. The molecule has 5 heteroatoms. The lowest BCUT2D eigenvalue weighted by atomic mass is 10.1. The molecule has 17 heavy (non-hydrogen) atoms. The number of hydrogen-bond acceptors (Lipinski definition) is 3. The zero-order valence-electron chi connectivity index (χ0n) is 10.00. The second-order valence-electron chi connectivity index (χ2n) is 3.77. The number of nitrogens with one attached hydrogen (secondary N) is 1. The van der Waals surface area contributed by atoms with Gasteiger partial charge in [0.05, 0.1) is 23.4 Å². The average molecular weight is 257 g/mol. The lowest BCUT2D eigenvalue weighted by molar-refractivity contribution is 0.0894. The summed E-state index contributed by atoms with van der Waals surface area (Å²) in [6, 6.07) is 4.83. The number of hydrogen-bond donors (Lipinski definition) is 2. The third kappa shape index (κ3) is 3.91. The van der Waals surface area contributed by atoms with E-state index >= 15 is 0 Å². The molecule has 1 unspecified atom stereocenters. The van der Waals surface area contributed by atoms with Crippen LogP contribution in [0.2, 0.25) is 5.02 Å². The standard InChI is InChI=1S/C12H17ClN2O2/c1-3-9(7-17-2)15-12(16)8-4-5-10(13)11(14)6-8/h4-6,9H,3,7,14H2,1-2H3,(H,15,16). The van der Waals surface area contributed by atoms with E-state index in [9.17, 15) is 4.79 Å². The first-order valence-electron chi connectivity index (χ1n) is 5.43. The van der Waals surface area contributed by atoms with E-state index in [1.165, 1.54) is 0 Å². The largest absolute Gasteiger partial charge is 0.398 e. The van der Waals surface area contributed by atoms with E-state index in [1.807, 2.05) is 6.92 Å². The first-order valence-corrected chi connectivity index (χ1v) is 5.81. The summed E-state index contributed by atoms with van der Waals surface area (Å²) in [5.41, 5.74) is 6.55. The van der Waals surface area contributed by atoms with Gasteiger partial charge in [0.15, 0.2) is 0 Å². The molecule has 3 N–H and O–H groups in total. The lowest BCUT2D eigenvalue weighted by Crippen LogP contribution is -2.37. The first kappa shape index (κ1) is 13.8. The number of amides is 1. The highest BCUT2D eigenvalue weighted by atomic mass is 35.5. The van der Waals surface area contributed by atoms with Crippen LogP contribution in [0.15, 0.2) is 18.2 Å². The number of nitrogen functional groups attached to an aromatic ring is 1. The summed E-state index contributed by atoms with van der Waals surface area (Å²) in [4.78, 5) is 11.9. The normalized spacial score (nSPS) is 12.2. The number of benzene rings is 1. The number of rotatable bonds is 5. The molecular formula is C12H17ClN2O2. The fourth-order valence-corrected chi connectivity index (χ4v) is 1.53. The topological polar surface area (TPSA) is 64.3 Å². The van der Waals surface area contributed by atoms with Crippen LogP contribution in [0, 0.1) is 0 Å². The van der Waals surface area contributed by atoms with Gasteiger partial charge in [-0.1, -0.05) is 18.5 Å². The Morgan fingerprint density at radius 3 is 2.82 bits per heavy atom. The van der Waals surface area contributed by atoms with E-state index in [0.717, 1.165) is 6.42 Å². The van der Waals surface area contributed by atoms with Gasteiger partial charge in [0.1, 0.15) is 0 Å². The van der Waals surface area contributed by atoms with Crippen LogP contribution in [0.1, 0.15) is 23.7 Å². The number of methoxy groups -OCH3 is 1. The van der Waals surface area contributed by atoms with Gasteiger partial charge in [-0.25, -0.2) is 0 Å². The van der Waals surface area contributed by atoms with Gasteiger partial charge in [-0.15, -0.1) is 0 Å². The highest BCUT2D eigenvalue weighted by Gasteiger charge is 2.12. The number of anilines is 1.